The molecule has 2 fully saturated rings. The van der Waals surface area contributed by atoms with Gasteiger partial charge in [-0.3, -0.25) is 14.8 Å². The number of carbonyl (C=O) groups is 2. The topological polar surface area (TPSA) is 115 Å². The van der Waals surface area contributed by atoms with Crippen LogP contribution in [-0.2, 0) is 14.8 Å². The van der Waals surface area contributed by atoms with Crippen LogP contribution in [0.15, 0.2) is 4.90 Å². The number of nitrogens with one attached hydrogen (secondary N) is 2. The van der Waals surface area contributed by atoms with E-state index in [0.29, 0.717) is 11.4 Å². The standard InChI is InChI=1S/C13H19N5O4S/c1-8-10(9(2)16-15-8)23(21,22)18-6-4-13(5-7-18)11(19)17(3)12(20)14-13/h4-7H2,1-3H3,(H,14,20)(H,15,16). The second-order valence-electron chi connectivity index (χ2n) is 6.04. The van der Waals surface area contributed by atoms with Gasteiger partial charge in [0.15, 0.2) is 0 Å². The Kier molecular flexibility index (Phi) is 3.49. The summed E-state index contributed by atoms with van der Waals surface area (Å²) in [4.78, 5) is 25.1. The highest BCUT2D eigenvalue weighted by Gasteiger charge is 2.52. The molecule has 0 saturated carbocycles. The molecule has 0 atom stereocenters. The van der Waals surface area contributed by atoms with Crippen LogP contribution in [0.2, 0.25) is 0 Å². The van der Waals surface area contributed by atoms with E-state index in [9.17, 15) is 18.0 Å². The average Bonchev–Trinajstić information content (AvgIpc) is 2.94. The molecule has 2 saturated heterocycles. The van der Waals surface area contributed by atoms with Gasteiger partial charge in [0.05, 0.1) is 11.4 Å². The van der Waals surface area contributed by atoms with E-state index in [4.69, 9.17) is 0 Å². The van der Waals surface area contributed by atoms with Gasteiger partial charge in [-0.15, -0.1) is 0 Å². The highest BCUT2D eigenvalue weighted by molar-refractivity contribution is 7.89. The minimum absolute atomic E-state index is 0.173. The highest BCUT2D eigenvalue weighted by Crippen LogP contribution is 2.32. The van der Waals surface area contributed by atoms with Crippen molar-refractivity contribution in [3.63, 3.8) is 0 Å². The predicted octanol–water partition coefficient (Wildman–Crippen LogP) is -0.269. The Morgan fingerprint density at radius 1 is 1.17 bits per heavy atom. The second-order valence-corrected chi connectivity index (χ2v) is 7.92. The van der Waals surface area contributed by atoms with Crippen molar-refractivity contribution in [3.8, 4) is 0 Å². The Labute approximate surface area is 134 Å². The zero-order chi connectivity index (χ0) is 17.0. The number of urea groups is 1. The van der Waals surface area contributed by atoms with Gasteiger partial charge in [-0.1, -0.05) is 0 Å². The first kappa shape index (κ1) is 15.9. The van der Waals surface area contributed by atoms with Gasteiger partial charge in [0, 0.05) is 20.1 Å². The molecule has 1 spiro atoms. The van der Waals surface area contributed by atoms with Crippen LogP contribution in [0.4, 0.5) is 4.79 Å². The zero-order valence-electron chi connectivity index (χ0n) is 13.2. The molecule has 9 nitrogen and oxygen atoms in total. The summed E-state index contributed by atoms with van der Waals surface area (Å²) in [5.41, 5.74) is -0.0567. The van der Waals surface area contributed by atoms with Crippen molar-refractivity contribution >= 4 is 22.0 Å². The number of aromatic amines is 1. The summed E-state index contributed by atoms with van der Waals surface area (Å²) >= 11 is 0. The van der Waals surface area contributed by atoms with Crippen molar-refractivity contribution in [1.82, 2.24) is 24.7 Å². The summed E-state index contributed by atoms with van der Waals surface area (Å²) in [5, 5.41) is 9.30. The average molecular weight is 341 g/mol. The van der Waals surface area contributed by atoms with Crippen LogP contribution < -0.4 is 5.32 Å². The minimum Gasteiger partial charge on any atom is -0.323 e. The largest absolute Gasteiger partial charge is 0.324 e. The molecule has 0 unspecified atom stereocenters. The lowest BCUT2D eigenvalue weighted by molar-refractivity contribution is -0.131. The van der Waals surface area contributed by atoms with Gasteiger partial charge in [-0.25, -0.2) is 13.2 Å². The van der Waals surface area contributed by atoms with Crippen LogP contribution >= 0.6 is 0 Å². The molecule has 3 rings (SSSR count). The molecule has 23 heavy (non-hydrogen) atoms. The molecule has 10 heteroatoms. The van der Waals surface area contributed by atoms with Gasteiger partial charge in [0.2, 0.25) is 10.0 Å². The van der Waals surface area contributed by atoms with Crippen molar-refractivity contribution in [1.29, 1.82) is 0 Å². The number of rotatable bonds is 2. The molecule has 1 aromatic heterocycles. The van der Waals surface area contributed by atoms with Crippen molar-refractivity contribution in [3.05, 3.63) is 11.4 Å². The summed E-state index contributed by atoms with van der Waals surface area (Å²) in [6.45, 7) is 3.64. The molecule has 2 aliphatic rings. The SMILES string of the molecule is Cc1n[nH]c(C)c1S(=O)(=O)N1CCC2(CC1)NC(=O)N(C)C2=O. The summed E-state index contributed by atoms with van der Waals surface area (Å²) in [7, 11) is -2.24. The molecule has 3 heterocycles. The molecule has 126 valence electrons. The summed E-state index contributed by atoms with van der Waals surface area (Å²) in [6.07, 6.45) is 0.522. The predicted molar refractivity (Wildman–Crippen MR) is 80.1 cm³/mol. The quantitative estimate of drug-likeness (QED) is 0.719. The lowest BCUT2D eigenvalue weighted by Crippen LogP contribution is -2.55. The summed E-state index contributed by atoms with van der Waals surface area (Å²) in [5.74, 6) is -0.296. The number of aromatic nitrogens is 2. The van der Waals surface area contributed by atoms with Crippen molar-refractivity contribution in [2.24, 2.45) is 0 Å². The molecule has 0 radical (unpaired) electrons. The van der Waals surface area contributed by atoms with E-state index in [1.165, 1.54) is 11.4 Å². The van der Waals surface area contributed by atoms with Crippen molar-refractivity contribution < 1.29 is 18.0 Å². The van der Waals surface area contributed by atoms with Gasteiger partial charge in [-0.05, 0) is 26.7 Å². The number of aryl methyl sites for hydroxylation is 2. The number of carbonyl (C=O) groups excluding carboxylic acids is 2. The number of hydrogen-bond acceptors (Lipinski definition) is 5. The number of amides is 3. The van der Waals surface area contributed by atoms with Crippen molar-refractivity contribution in [2.45, 2.75) is 37.1 Å². The van der Waals surface area contributed by atoms with E-state index in [1.807, 2.05) is 0 Å². The maximum atomic E-state index is 12.8. The van der Waals surface area contributed by atoms with Crippen LogP contribution in [0.3, 0.4) is 0 Å². The molecular weight excluding hydrogens is 322 g/mol. The van der Waals surface area contributed by atoms with Crippen LogP contribution in [-0.4, -0.2) is 65.4 Å². The first-order valence-electron chi connectivity index (χ1n) is 7.31. The van der Waals surface area contributed by atoms with Gasteiger partial charge in [0.25, 0.3) is 5.91 Å². The Morgan fingerprint density at radius 3 is 2.22 bits per heavy atom. The molecule has 1 aromatic rings. The monoisotopic (exact) mass is 341 g/mol. The fourth-order valence-corrected chi connectivity index (χ4v) is 5.03. The second kappa shape index (κ2) is 5.03. The lowest BCUT2D eigenvalue weighted by atomic mass is 9.88. The summed E-state index contributed by atoms with van der Waals surface area (Å²) in [6, 6.07) is -0.437. The highest BCUT2D eigenvalue weighted by atomic mass is 32.2. The van der Waals surface area contributed by atoms with Gasteiger partial charge in [0.1, 0.15) is 10.4 Å². The molecule has 3 amide bonds. The third kappa shape index (κ3) is 2.24. The normalized spacial score (nSPS) is 22.0. The van der Waals surface area contributed by atoms with Crippen LogP contribution in [0.25, 0.3) is 0 Å². The zero-order valence-corrected chi connectivity index (χ0v) is 14.0. The lowest BCUT2D eigenvalue weighted by Gasteiger charge is -2.36. The third-order valence-corrected chi connectivity index (χ3v) is 6.76. The molecular formula is C13H19N5O4S. The molecule has 0 aromatic carbocycles. The maximum Gasteiger partial charge on any atom is 0.324 e. The van der Waals surface area contributed by atoms with Gasteiger partial charge in [-0.2, -0.15) is 9.40 Å². The Balaban J connectivity index is 1.82. The number of hydrogen-bond donors (Lipinski definition) is 2. The Morgan fingerprint density at radius 2 is 1.78 bits per heavy atom. The first-order chi connectivity index (χ1) is 10.7. The number of piperidine rings is 1. The van der Waals surface area contributed by atoms with Crippen LogP contribution in [0.1, 0.15) is 24.2 Å². The van der Waals surface area contributed by atoms with E-state index in [0.717, 1.165) is 4.90 Å². The van der Waals surface area contributed by atoms with Gasteiger partial charge >= 0.3 is 6.03 Å². The fourth-order valence-electron chi connectivity index (χ4n) is 3.25. The molecule has 2 aliphatic heterocycles. The fraction of sp³-hybridized carbons (Fsp3) is 0.615. The first-order valence-corrected chi connectivity index (χ1v) is 8.75. The number of nitrogens with zero attached hydrogens (tertiary/aromatic N) is 3. The molecule has 2 N–H and O–H groups in total. The number of H-pyrrole nitrogens is 1. The Hall–Kier alpha value is -1.94. The third-order valence-electron chi connectivity index (χ3n) is 4.60. The number of likely N-dealkylation sites (N-methyl/N-ethyl adjacent to an activating group) is 1. The molecule has 0 aliphatic carbocycles. The van der Waals surface area contributed by atoms with E-state index in [2.05, 4.69) is 15.5 Å². The number of imide groups is 1. The Bertz CT molecular complexity index is 757. The van der Waals surface area contributed by atoms with E-state index < -0.39 is 21.6 Å². The van der Waals surface area contributed by atoms with Crippen molar-refractivity contribution in [2.75, 3.05) is 20.1 Å². The smallest absolute Gasteiger partial charge is 0.323 e. The van der Waals surface area contributed by atoms with E-state index in [1.54, 1.807) is 13.8 Å². The van der Waals surface area contributed by atoms with Gasteiger partial charge < -0.3 is 5.32 Å². The number of sulfonamides is 1. The minimum atomic E-state index is -3.67. The molecule has 0 bridgehead atoms. The van der Waals surface area contributed by atoms with Crippen LogP contribution in [0, 0.1) is 13.8 Å². The van der Waals surface area contributed by atoms with Crippen LogP contribution in [0.5, 0.6) is 0 Å². The maximum absolute atomic E-state index is 12.8. The van der Waals surface area contributed by atoms with E-state index in [-0.39, 0.29) is 36.7 Å². The summed E-state index contributed by atoms with van der Waals surface area (Å²) < 4.78 is 26.9. The van der Waals surface area contributed by atoms with E-state index >= 15 is 0 Å².